The molecule has 1 atom stereocenters. The standard InChI is InChI=1S/C22H19N3O4S/c1-12-3-2-4-13(7-12)10-30-22-24-20-19(21(27)25-22)15(9-18(26)23-20)14-5-6-16-17(8-14)29-11-28-16/h2-8,15H,9-11H2,1H3,(H2,23,24,25,26,27)/t15-/m1/s1. The van der Waals surface area contributed by atoms with Gasteiger partial charge in [-0.1, -0.05) is 47.7 Å². The number of hydrogen-bond donors (Lipinski definition) is 2. The van der Waals surface area contributed by atoms with E-state index in [1.165, 1.54) is 17.3 Å². The van der Waals surface area contributed by atoms with Crippen molar-refractivity contribution < 1.29 is 14.3 Å². The fraction of sp³-hybridized carbons (Fsp3) is 0.227. The van der Waals surface area contributed by atoms with Gasteiger partial charge in [-0.25, -0.2) is 4.98 Å². The molecule has 0 saturated carbocycles. The molecule has 0 saturated heterocycles. The van der Waals surface area contributed by atoms with Crippen LogP contribution in [0.4, 0.5) is 5.82 Å². The minimum absolute atomic E-state index is 0.169. The van der Waals surface area contributed by atoms with Gasteiger partial charge in [0.2, 0.25) is 12.7 Å². The Labute approximate surface area is 176 Å². The Bertz CT molecular complexity index is 1210. The molecule has 2 aliphatic heterocycles. The van der Waals surface area contributed by atoms with Crippen LogP contribution in [-0.2, 0) is 10.5 Å². The van der Waals surface area contributed by atoms with E-state index in [2.05, 4.69) is 21.4 Å². The van der Waals surface area contributed by atoms with Crippen molar-refractivity contribution in [3.63, 3.8) is 0 Å². The summed E-state index contributed by atoms with van der Waals surface area (Å²) in [6.45, 7) is 2.21. The lowest BCUT2D eigenvalue weighted by Crippen LogP contribution is -2.31. The highest BCUT2D eigenvalue weighted by Crippen LogP contribution is 2.40. The van der Waals surface area contributed by atoms with Crippen LogP contribution >= 0.6 is 11.8 Å². The molecule has 0 aliphatic carbocycles. The van der Waals surface area contributed by atoms with Crippen LogP contribution in [0, 0.1) is 6.92 Å². The normalized spacial score (nSPS) is 16.8. The predicted molar refractivity (Wildman–Crippen MR) is 113 cm³/mol. The lowest BCUT2D eigenvalue weighted by atomic mass is 9.86. The van der Waals surface area contributed by atoms with Gasteiger partial charge in [-0.05, 0) is 30.2 Å². The van der Waals surface area contributed by atoms with Gasteiger partial charge in [0.1, 0.15) is 5.82 Å². The van der Waals surface area contributed by atoms with E-state index in [0.29, 0.717) is 33.8 Å². The van der Waals surface area contributed by atoms with E-state index in [4.69, 9.17) is 9.47 Å². The molecule has 8 heteroatoms. The lowest BCUT2D eigenvalue weighted by Gasteiger charge is -2.24. The molecule has 0 bridgehead atoms. The summed E-state index contributed by atoms with van der Waals surface area (Å²) in [6.07, 6.45) is 0.174. The summed E-state index contributed by atoms with van der Waals surface area (Å²) < 4.78 is 10.8. The number of nitrogens with zero attached hydrogens (tertiary/aromatic N) is 1. The van der Waals surface area contributed by atoms with E-state index in [-0.39, 0.29) is 24.7 Å². The number of ether oxygens (including phenoxy) is 2. The van der Waals surface area contributed by atoms with Crippen LogP contribution in [0.1, 0.15) is 34.6 Å². The number of rotatable bonds is 4. The van der Waals surface area contributed by atoms with Crippen LogP contribution in [0.25, 0.3) is 0 Å². The molecule has 2 N–H and O–H groups in total. The number of anilines is 1. The topological polar surface area (TPSA) is 93.3 Å². The van der Waals surface area contributed by atoms with E-state index in [0.717, 1.165) is 11.1 Å². The molecule has 5 rings (SSSR count). The highest BCUT2D eigenvalue weighted by molar-refractivity contribution is 7.98. The van der Waals surface area contributed by atoms with E-state index in [1.54, 1.807) is 6.07 Å². The van der Waals surface area contributed by atoms with Gasteiger partial charge in [0.25, 0.3) is 5.56 Å². The number of aryl methyl sites for hydroxylation is 1. The van der Waals surface area contributed by atoms with Crippen LogP contribution < -0.4 is 20.3 Å². The maximum atomic E-state index is 13.0. The van der Waals surface area contributed by atoms with E-state index < -0.39 is 5.92 Å². The SMILES string of the molecule is Cc1cccc(CSc2nc3c(c(=O)[nH]2)[C@@H](c2ccc4c(c2)OCO4)CC(=O)N3)c1. The van der Waals surface area contributed by atoms with Crippen LogP contribution in [0.5, 0.6) is 11.5 Å². The third-order valence-corrected chi connectivity index (χ3v) is 6.13. The molecule has 30 heavy (non-hydrogen) atoms. The van der Waals surface area contributed by atoms with Crippen molar-refractivity contribution >= 4 is 23.5 Å². The van der Waals surface area contributed by atoms with Crippen molar-refractivity contribution in [1.82, 2.24) is 9.97 Å². The Morgan fingerprint density at radius 3 is 2.87 bits per heavy atom. The molecule has 3 heterocycles. The molecule has 152 valence electrons. The highest BCUT2D eigenvalue weighted by Gasteiger charge is 2.32. The number of carbonyl (C=O) groups excluding carboxylic acids is 1. The molecular formula is C22H19N3O4S. The number of hydrogen-bond acceptors (Lipinski definition) is 6. The molecule has 0 radical (unpaired) electrons. The minimum atomic E-state index is -0.393. The maximum Gasteiger partial charge on any atom is 0.257 e. The fourth-order valence-corrected chi connectivity index (χ4v) is 4.59. The Balaban J connectivity index is 1.46. The summed E-state index contributed by atoms with van der Waals surface area (Å²) in [5.74, 6) is 1.71. The molecule has 0 fully saturated rings. The number of thioether (sulfide) groups is 1. The number of nitrogens with one attached hydrogen (secondary N) is 2. The zero-order chi connectivity index (χ0) is 20.7. The number of carbonyl (C=O) groups is 1. The summed E-state index contributed by atoms with van der Waals surface area (Å²) in [4.78, 5) is 32.7. The summed E-state index contributed by atoms with van der Waals surface area (Å²) in [7, 11) is 0. The number of H-pyrrole nitrogens is 1. The van der Waals surface area contributed by atoms with Crippen LogP contribution in [0.2, 0.25) is 0 Å². The molecule has 2 aromatic carbocycles. The Morgan fingerprint density at radius 1 is 1.13 bits per heavy atom. The van der Waals surface area contributed by atoms with E-state index >= 15 is 0 Å². The van der Waals surface area contributed by atoms with Crippen molar-refractivity contribution in [3.8, 4) is 11.5 Å². The summed E-state index contributed by atoms with van der Waals surface area (Å²) >= 11 is 1.43. The van der Waals surface area contributed by atoms with Gasteiger partial charge in [0.15, 0.2) is 16.7 Å². The first-order chi connectivity index (χ1) is 14.6. The van der Waals surface area contributed by atoms with Crippen molar-refractivity contribution in [1.29, 1.82) is 0 Å². The molecule has 7 nitrogen and oxygen atoms in total. The first-order valence-corrected chi connectivity index (χ1v) is 10.6. The van der Waals surface area contributed by atoms with Crippen molar-refractivity contribution in [2.45, 2.75) is 30.2 Å². The first-order valence-electron chi connectivity index (χ1n) is 9.59. The molecule has 1 amide bonds. The molecule has 1 aromatic heterocycles. The molecule has 2 aliphatic rings. The third-order valence-electron chi connectivity index (χ3n) is 5.19. The third kappa shape index (κ3) is 3.54. The van der Waals surface area contributed by atoms with Gasteiger partial charge in [-0.15, -0.1) is 0 Å². The summed E-state index contributed by atoms with van der Waals surface area (Å²) in [5.41, 5.74) is 3.37. The average molecular weight is 421 g/mol. The predicted octanol–water partition coefficient (Wildman–Crippen LogP) is 3.57. The van der Waals surface area contributed by atoms with Crippen molar-refractivity contribution in [2.24, 2.45) is 0 Å². The van der Waals surface area contributed by atoms with E-state index in [1.807, 2.05) is 37.3 Å². The Kier molecular flexibility index (Phi) is 4.71. The van der Waals surface area contributed by atoms with Gasteiger partial charge in [-0.2, -0.15) is 0 Å². The smallest absolute Gasteiger partial charge is 0.257 e. The van der Waals surface area contributed by atoms with Crippen molar-refractivity contribution in [2.75, 3.05) is 12.1 Å². The van der Waals surface area contributed by atoms with Gasteiger partial charge in [0.05, 0.1) is 5.56 Å². The second kappa shape index (κ2) is 7.53. The molecule has 0 unspecified atom stereocenters. The highest BCUT2D eigenvalue weighted by atomic mass is 32.2. The van der Waals surface area contributed by atoms with Crippen LogP contribution in [0.3, 0.4) is 0 Å². The number of amides is 1. The molecule has 3 aromatic rings. The second-order valence-electron chi connectivity index (χ2n) is 7.33. The zero-order valence-electron chi connectivity index (χ0n) is 16.2. The monoisotopic (exact) mass is 421 g/mol. The van der Waals surface area contributed by atoms with Gasteiger partial charge >= 0.3 is 0 Å². The number of benzene rings is 2. The molecular weight excluding hydrogens is 402 g/mol. The van der Waals surface area contributed by atoms with Gasteiger partial charge < -0.3 is 19.8 Å². The fourth-order valence-electron chi connectivity index (χ4n) is 3.79. The quantitative estimate of drug-likeness (QED) is 0.494. The van der Waals surface area contributed by atoms with Crippen LogP contribution in [-0.4, -0.2) is 22.7 Å². The number of aromatic nitrogens is 2. The number of fused-ring (bicyclic) bond motifs is 2. The average Bonchev–Trinajstić information content (AvgIpc) is 3.19. The second-order valence-corrected chi connectivity index (χ2v) is 8.29. The Morgan fingerprint density at radius 2 is 2.00 bits per heavy atom. The maximum absolute atomic E-state index is 13.0. The Hall–Kier alpha value is -3.26. The minimum Gasteiger partial charge on any atom is -0.454 e. The zero-order valence-corrected chi connectivity index (χ0v) is 17.0. The van der Waals surface area contributed by atoms with Crippen LogP contribution in [0.15, 0.2) is 52.4 Å². The largest absolute Gasteiger partial charge is 0.454 e. The summed E-state index contributed by atoms with van der Waals surface area (Å²) in [5, 5.41) is 3.24. The van der Waals surface area contributed by atoms with Gasteiger partial charge in [-0.3, -0.25) is 9.59 Å². The number of aromatic amines is 1. The van der Waals surface area contributed by atoms with E-state index in [9.17, 15) is 9.59 Å². The van der Waals surface area contributed by atoms with Gasteiger partial charge in [0, 0.05) is 18.1 Å². The first kappa shape index (κ1) is 18.7. The molecule has 0 spiro atoms. The lowest BCUT2D eigenvalue weighted by molar-refractivity contribution is -0.116. The van der Waals surface area contributed by atoms with Crippen molar-refractivity contribution in [3.05, 3.63) is 75.1 Å². The summed E-state index contributed by atoms with van der Waals surface area (Å²) in [6, 6.07) is 13.7.